The summed E-state index contributed by atoms with van der Waals surface area (Å²) in [6.07, 6.45) is -4.33. The summed E-state index contributed by atoms with van der Waals surface area (Å²) < 4.78 is 44.8. The van der Waals surface area contributed by atoms with Gasteiger partial charge in [-0.1, -0.05) is 29.3 Å². The molecule has 9 heteroatoms. The minimum absolute atomic E-state index is 0. The number of benzene rings is 2. The number of halogens is 6. The third kappa shape index (κ3) is 5.69. The number of alkyl halides is 3. The second kappa shape index (κ2) is 9.74. The van der Waals surface area contributed by atoms with Crippen LogP contribution in [0.3, 0.4) is 0 Å². The Morgan fingerprint density at radius 2 is 1.61 bits per heavy atom. The molecule has 0 spiro atoms. The number of hydrogen-bond acceptors (Lipinski definition) is 3. The Morgan fingerprint density at radius 1 is 0.871 bits per heavy atom. The minimum Gasteiger partial charge on any atom is -0.460 e. The zero-order chi connectivity index (χ0) is 21.3. The number of piperazine rings is 1. The van der Waals surface area contributed by atoms with Gasteiger partial charge in [0.1, 0.15) is 11.5 Å². The van der Waals surface area contributed by atoms with Gasteiger partial charge in [0.15, 0.2) is 0 Å². The lowest BCUT2D eigenvalue weighted by Gasteiger charge is -2.35. The fourth-order valence-electron chi connectivity index (χ4n) is 3.53. The van der Waals surface area contributed by atoms with E-state index in [0.29, 0.717) is 41.1 Å². The summed E-state index contributed by atoms with van der Waals surface area (Å²) in [7, 11) is 0. The number of furan rings is 1. The fraction of sp³-hybridized carbons (Fsp3) is 0.273. The highest BCUT2D eigenvalue weighted by Crippen LogP contribution is 2.32. The van der Waals surface area contributed by atoms with Gasteiger partial charge in [-0.05, 0) is 48.5 Å². The maximum atomic E-state index is 13.0. The second-order valence-corrected chi connectivity index (χ2v) is 8.02. The van der Waals surface area contributed by atoms with Gasteiger partial charge in [0.25, 0.3) is 0 Å². The predicted molar refractivity (Wildman–Crippen MR) is 120 cm³/mol. The van der Waals surface area contributed by atoms with Crippen LogP contribution in [-0.4, -0.2) is 31.1 Å². The molecule has 0 atom stereocenters. The van der Waals surface area contributed by atoms with E-state index in [1.165, 1.54) is 12.1 Å². The Balaban J connectivity index is 0.00000272. The first-order valence-corrected chi connectivity index (χ1v) is 10.2. The molecule has 0 radical (unpaired) electrons. The molecule has 3 aromatic rings. The van der Waals surface area contributed by atoms with Crippen molar-refractivity contribution >= 4 is 41.3 Å². The van der Waals surface area contributed by atoms with Crippen molar-refractivity contribution in [2.24, 2.45) is 0 Å². The smallest absolute Gasteiger partial charge is 0.416 e. The average Bonchev–Trinajstić information content (AvgIpc) is 3.18. The molecule has 0 amide bonds. The van der Waals surface area contributed by atoms with Gasteiger partial charge in [-0.2, -0.15) is 13.2 Å². The predicted octanol–water partition coefficient (Wildman–Crippen LogP) is 7.02. The molecule has 0 bridgehead atoms. The monoisotopic (exact) mass is 490 g/mol. The van der Waals surface area contributed by atoms with Crippen LogP contribution >= 0.6 is 35.6 Å². The van der Waals surface area contributed by atoms with Crippen LogP contribution in [0.1, 0.15) is 11.3 Å². The van der Waals surface area contributed by atoms with Gasteiger partial charge in [-0.15, -0.1) is 12.4 Å². The zero-order valence-corrected chi connectivity index (χ0v) is 18.7. The molecule has 1 saturated heterocycles. The Kier molecular flexibility index (Phi) is 7.47. The van der Waals surface area contributed by atoms with Gasteiger partial charge < -0.3 is 9.32 Å². The lowest BCUT2D eigenvalue weighted by Crippen LogP contribution is -2.46. The van der Waals surface area contributed by atoms with Crippen molar-refractivity contribution in [3.63, 3.8) is 0 Å². The van der Waals surface area contributed by atoms with E-state index in [9.17, 15) is 13.2 Å². The van der Waals surface area contributed by atoms with Crippen molar-refractivity contribution in [3.8, 4) is 11.3 Å². The quantitative estimate of drug-likeness (QED) is 0.391. The molecule has 1 aliphatic rings. The summed E-state index contributed by atoms with van der Waals surface area (Å²) in [5.41, 5.74) is 0.835. The van der Waals surface area contributed by atoms with Crippen LogP contribution in [0.15, 0.2) is 59.0 Å². The van der Waals surface area contributed by atoms with Crippen molar-refractivity contribution in [2.45, 2.75) is 12.7 Å². The van der Waals surface area contributed by atoms with E-state index in [4.69, 9.17) is 27.6 Å². The lowest BCUT2D eigenvalue weighted by molar-refractivity contribution is -0.137. The first-order valence-electron chi connectivity index (χ1n) is 9.48. The Morgan fingerprint density at radius 3 is 2.29 bits per heavy atom. The highest BCUT2D eigenvalue weighted by atomic mass is 35.5. The van der Waals surface area contributed by atoms with Crippen molar-refractivity contribution in [2.75, 3.05) is 31.1 Å². The fourth-order valence-corrected chi connectivity index (χ4v) is 3.83. The summed E-state index contributed by atoms with van der Waals surface area (Å²) >= 11 is 12.0. The van der Waals surface area contributed by atoms with Crippen molar-refractivity contribution in [1.82, 2.24) is 4.90 Å². The first-order chi connectivity index (χ1) is 14.3. The lowest BCUT2D eigenvalue weighted by atomic mass is 10.1. The highest BCUT2D eigenvalue weighted by Gasteiger charge is 2.31. The van der Waals surface area contributed by atoms with E-state index in [2.05, 4.69) is 4.90 Å². The van der Waals surface area contributed by atoms with E-state index in [0.717, 1.165) is 30.5 Å². The van der Waals surface area contributed by atoms with Crippen molar-refractivity contribution in [1.29, 1.82) is 0 Å². The summed E-state index contributed by atoms with van der Waals surface area (Å²) in [6.45, 7) is 3.42. The summed E-state index contributed by atoms with van der Waals surface area (Å²) in [6, 6.07) is 14.7. The molecule has 0 N–H and O–H groups in total. The van der Waals surface area contributed by atoms with Crippen LogP contribution in [0.2, 0.25) is 10.0 Å². The molecule has 166 valence electrons. The summed E-state index contributed by atoms with van der Waals surface area (Å²) in [4.78, 5) is 4.20. The van der Waals surface area contributed by atoms with Gasteiger partial charge in [-0.25, -0.2) is 0 Å². The van der Waals surface area contributed by atoms with Crippen LogP contribution < -0.4 is 4.90 Å². The number of nitrogens with zero attached hydrogens (tertiary/aromatic N) is 2. The van der Waals surface area contributed by atoms with Crippen LogP contribution in [-0.2, 0) is 12.7 Å². The molecule has 1 aromatic heterocycles. The maximum absolute atomic E-state index is 13.0. The van der Waals surface area contributed by atoms with Crippen molar-refractivity contribution in [3.05, 3.63) is 76.0 Å². The molecule has 4 rings (SSSR count). The van der Waals surface area contributed by atoms with E-state index in [-0.39, 0.29) is 12.4 Å². The van der Waals surface area contributed by atoms with Crippen LogP contribution in [0.4, 0.5) is 18.9 Å². The summed E-state index contributed by atoms with van der Waals surface area (Å²) in [5.74, 6) is 1.54. The van der Waals surface area contributed by atoms with E-state index >= 15 is 0 Å². The molecule has 0 unspecified atom stereocenters. The summed E-state index contributed by atoms with van der Waals surface area (Å²) in [5, 5.41) is 0.962. The molecular formula is C22H20Cl3F3N2O. The molecule has 2 heterocycles. The normalized spacial score (nSPS) is 15.1. The van der Waals surface area contributed by atoms with Gasteiger partial charge in [-0.3, -0.25) is 4.90 Å². The molecule has 31 heavy (non-hydrogen) atoms. The van der Waals surface area contributed by atoms with Crippen LogP contribution in [0.5, 0.6) is 0 Å². The molecule has 1 fully saturated rings. The molecule has 1 aliphatic heterocycles. The SMILES string of the molecule is Cl.FC(F)(F)c1cccc(N2CCN(Cc3ccc(-c4ccc(Cl)c(Cl)c4)o3)CC2)c1. The minimum atomic E-state index is -4.33. The zero-order valence-electron chi connectivity index (χ0n) is 16.3. The number of rotatable bonds is 4. The first kappa shape index (κ1) is 23.8. The Hall–Kier alpha value is -1.86. The van der Waals surface area contributed by atoms with Gasteiger partial charge in [0.2, 0.25) is 0 Å². The standard InChI is InChI=1S/C22H19Cl2F3N2O.ClH/c23-19-6-4-15(12-20(19)24)21-7-5-18(30-21)14-28-8-10-29(11-9-28)17-3-1-2-16(13-17)22(25,26)27;/h1-7,12-13H,8-11,14H2;1H. The number of anilines is 1. The van der Waals surface area contributed by atoms with Gasteiger partial charge >= 0.3 is 6.18 Å². The molecular weight excluding hydrogens is 472 g/mol. The van der Waals surface area contributed by atoms with Crippen LogP contribution in [0.25, 0.3) is 11.3 Å². The molecule has 2 aromatic carbocycles. The van der Waals surface area contributed by atoms with Gasteiger partial charge in [0, 0.05) is 37.4 Å². The van der Waals surface area contributed by atoms with E-state index < -0.39 is 11.7 Å². The maximum Gasteiger partial charge on any atom is 0.416 e. The molecule has 3 nitrogen and oxygen atoms in total. The average molecular weight is 492 g/mol. The third-order valence-corrected chi connectivity index (χ3v) is 5.90. The molecule has 0 aliphatic carbocycles. The van der Waals surface area contributed by atoms with E-state index in [1.54, 1.807) is 18.2 Å². The largest absolute Gasteiger partial charge is 0.460 e. The van der Waals surface area contributed by atoms with Crippen molar-refractivity contribution < 1.29 is 17.6 Å². The van der Waals surface area contributed by atoms with Gasteiger partial charge in [0.05, 0.1) is 22.2 Å². The third-order valence-electron chi connectivity index (χ3n) is 5.16. The second-order valence-electron chi connectivity index (χ2n) is 7.21. The highest BCUT2D eigenvalue weighted by molar-refractivity contribution is 6.42. The topological polar surface area (TPSA) is 19.6 Å². The Bertz CT molecular complexity index is 1030. The molecule has 0 saturated carbocycles. The van der Waals surface area contributed by atoms with E-state index in [1.807, 2.05) is 23.1 Å². The number of hydrogen-bond donors (Lipinski definition) is 0. The van der Waals surface area contributed by atoms with Crippen LogP contribution in [0, 0.1) is 0 Å². The Labute approximate surface area is 194 Å².